The molecule has 3 rings (SSSR count). The van der Waals surface area contributed by atoms with E-state index in [4.69, 9.17) is 9.47 Å². The summed E-state index contributed by atoms with van der Waals surface area (Å²) in [5.74, 6) is 0.585. The molecular formula is C18H26NO3+. The monoisotopic (exact) mass is 304 g/mol. The Morgan fingerprint density at radius 3 is 2.41 bits per heavy atom. The van der Waals surface area contributed by atoms with Gasteiger partial charge < -0.3 is 14.4 Å². The third kappa shape index (κ3) is 3.27. The van der Waals surface area contributed by atoms with Crippen molar-refractivity contribution in [2.24, 2.45) is 0 Å². The molecule has 2 aliphatic heterocycles. The second-order valence-electron chi connectivity index (χ2n) is 6.52. The Hall–Kier alpha value is -1.55. The summed E-state index contributed by atoms with van der Waals surface area (Å²) in [6, 6.07) is 8.54. The number of piperidine rings is 2. The minimum atomic E-state index is -0.203. The first-order valence-corrected chi connectivity index (χ1v) is 8.44. The summed E-state index contributed by atoms with van der Waals surface area (Å²) in [7, 11) is 2.29. The molecule has 0 aliphatic carbocycles. The molecule has 2 aliphatic rings. The van der Waals surface area contributed by atoms with Crippen molar-refractivity contribution in [2.75, 3.05) is 13.7 Å². The van der Waals surface area contributed by atoms with Crippen LogP contribution in [0.1, 0.15) is 49.4 Å². The van der Waals surface area contributed by atoms with Gasteiger partial charge in [0.05, 0.1) is 31.3 Å². The predicted molar refractivity (Wildman–Crippen MR) is 84.4 cm³/mol. The van der Waals surface area contributed by atoms with Crippen LogP contribution < -0.4 is 9.64 Å². The van der Waals surface area contributed by atoms with Crippen molar-refractivity contribution in [1.82, 2.24) is 0 Å². The maximum Gasteiger partial charge on any atom is 0.338 e. The zero-order valence-electron chi connectivity index (χ0n) is 13.5. The summed E-state index contributed by atoms with van der Waals surface area (Å²) >= 11 is 0. The first-order chi connectivity index (χ1) is 10.7. The summed E-state index contributed by atoms with van der Waals surface area (Å²) in [4.78, 5) is 14.0. The summed E-state index contributed by atoms with van der Waals surface area (Å²) in [5.41, 5.74) is 0.611. The van der Waals surface area contributed by atoms with Crippen LogP contribution in [-0.2, 0) is 4.74 Å². The van der Waals surface area contributed by atoms with E-state index in [1.807, 2.05) is 19.1 Å². The molecule has 4 atom stereocenters. The van der Waals surface area contributed by atoms with E-state index in [1.165, 1.54) is 19.3 Å². The number of rotatable bonds is 4. The number of hydrogen-bond donors (Lipinski definition) is 1. The second kappa shape index (κ2) is 6.69. The Labute approximate surface area is 132 Å². The lowest BCUT2D eigenvalue weighted by atomic mass is 9.83. The molecule has 120 valence electrons. The zero-order chi connectivity index (χ0) is 15.5. The van der Waals surface area contributed by atoms with Gasteiger partial charge in [0.15, 0.2) is 0 Å². The summed E-state index contributed by atoms with van der Waals surface area (Å²) in [6.45, 7) is 2.58. The molecule has 4 nitrogen and oxygen atoms in total. The average Bonchev–Trinajstić information content (AvgIpc) is 2.49. The van der Waals surface area contributed by atoms with Crippen LogP contribution >= 0.6 is 0 Å². The van der Waals surface area contributed by atoms with Crippen molar-refractivity contribution in [3.8, 4) is 5.75 Å². The maximum atomic E-state index is 12.3. The largest absolute Gasteiger partial charge is 0.494 e. The molecule has 2 saturated heterocycles. The van der Waals surface area contributed by atoms with Gasteiger partial charge in [-0.3, -0.25) is 0 Å². The van der Waals surface area contributed by atoms with E-state index >= 15 is 0 Å². The fourth-order valence-electron chi connectivity index (χ4n) is 3.91. The van der Waals surface area contributed by atoms with E-state index in [1.54, 1.807) is 17.0 Å². The van der Waals surface area contributed by atoms with Crippen molar-refractivity contribution in [3.63, 3.8) is 0 Å². The van der Waals surface area contributed by atoms with Gasteiger partial charge in [0.25, 0.3) is 0 Å². The number of esters is 1. The SMILES string of the molecule is CCOc1ccc(C(=O)OC2C[C@H]3CCC[C@@H](C2)[NH+]3C)cc1. The first kappa shape index (κ1) is 15.3. The molecule has 2 bridgehead atoms. The molecule has 0 radical (unpaired) electrons. The van der Waals surface area contributed by atoms with Crippen molar-refractivity contribution in [1.29, 1.82) is 0 Å². The molecule has 2 heterocycles. The van der Waals surface area contributed by atoms with Gasteiger partial charge in [-0.15, -0.1) is 0 Å². The van der Waals surface area contributed by atoms with Crippen LogP contribution in [0.3, 0.4) is 0 Å². The highest BCUT2D eigenvalue weighted by molar-refractivity contribution is 5.89. The lowest BCUT2D eigenvalue weighted by Gasteiger charge is -2.43. The van der Waals surface area contributed by atoms with Crippen molar-refractivity contribution >= 4 is 5.97 Å². The number of fused-ring (bicyclic) bond motifs is 2. The van der Waals surface area contributed by atoms with Crippen LogP contribution in [-0.4, -0.2) is 37.8 Å². The Morgan fingerprint density at radius 2 is 1.82 bits per heavy atom. The van der Waals surface area contributed by atoms with E-state index in [-0.39, 0.29) is 12.1 Å². The average molecular weight is 304 g/mol. The third-order valence-corrected chi connectivity index (χ3v) is 5.16. The molecule has 2 fully saturated rings. The highest BCUT2D eigenvalue weighted by Gasteiger charge is 2.41. The van der Waals surface area contributed by atoms with Crippen LogP contribution in [0.4, 0.5) is 0 Å². The van der Waals surface area contributed by atoms with Crippen molar-refractivity contribution in [3.05, 3.63) is 29.8 Å². The summed E-state index contributed by atoms with van der Waals surface area (Å²) < 4.78 is 11.2. The Morgan fingerprint density at radius 1 is 1.18 bits per heavy atom. The Kier molecular flexibility index (Phi) is 4.67. The smallest absolute Gasteiger partial charge is 0.338 e. The molecule has 1 N–H and O–H groups in total. The predicted octanol–water partition coefficient (Wildman–Crippen LogP) is 1.84. The first-order valence-electron chi connectivity index (χ1n) is 8.44. The number of quaternary nitrogens is 1. The van der Waals surface area contributed by atoms with E-state index in [0.29, 0.717) is 24.3 Å². The van der Waals surface area contributed by atoms with Crippen LogP contribution in [0.5, 0.6) is 5.75 Å². The molecule has 1 aromatic carbocycles. The van der Waals surface area contributed by atoms with E-state index in [0.717, 1.165) is 18.6 Å². The van der Waals surface area contributed by atoms with Gasteiger partial charge in [0.1, 0.15) is 11.9 Å². The van der Waals surface area contributed by atoms with Crippen LogP contribution in [0, 0.1) is 0 Å². The zero-order valence-corrected chi connectivity index (χ0v) is 13.5. The molecule has 1 aromatic rings. The molecule has 0 amide bonds. The second-order valence-corrected chi connectivity index (χ2v) is 6.52. The maximum absolute atomic E-state index is 12.3. The minimum Gasteiger partial charge on any atom is -0.494 e. The van der Waals surface area contributed by atoms with E-state index in [2.05, 4.69) is 7.05 Å². The molecule has 0 aromatic heterocycles. The van der Waals surface area contributed by atoms with Crippen LogP contribution in [0.2, 0.25) is 0 Å². The number of hydrogen-bond acceptors (Lipinski definition) is 3. The van der Waals surface area contributed by atoms with Gasteiger partial charge in [0, 0.05) is 12.8 Å². The quantitative estimate of drug-likeness (QED) is 0.863. The normalized spacial score (nSPS) is 30.6. The molecule has 0 saturated carbocycles. The molecular weight excluding hydrogens is 278 g/mol. The highest BCUT2D eigenvalue weighted by atomic mass is 16.5. The lowest BCUT2D eigenvalue weighted by Crippen LogP contribution is -3.18. The lowest BCUT2D eigenvalue weighted by molar-refractivity contribution is -0.943. The Balaban J connectivity index is 1.59. The fraction of sp³-hybridized carbons (Fsp3) is 0.611. The van der Waals surface area contributed by atoms with Gasteiger partial charge in [-0.2, -0.15) is 0 Å². The number of nitrogens with one attached hydrogen (secondary N) is 1. The molecule has 4 heteroatoms. The molecule has 2 unspecified atom stereocenters. The number of benzene rings is 1. The van der Waals surface area contributed by atoms with E-state index < -0.39 is 0 Å². The number of carbonyl (C=O) groups is 1. The van der Waals surface area contributed by atoms with Gasteiger partial charge >= 0.3 is 5.97 Å². The highest BCUT2D eigenvalue weighted by Crippen LogP contribution is 2.24. The van der Waals surface area contributed by atoms with Gasteiger partial charge in [-0.05, 0) is 50.5 Å². The summed E-state index contributed by atoms with van der Waals surface area (Å²) in [5, 5.41) is 0. The van der Waals surface area contributed by atoms with Gasteiger partial charge in [0.2, 0.25) is 0 Å². The summed E-state index contributed by atoms with van der Waals surface area (Å²) in [6.07, 6.45) is 5.94. The fourth-order valence-corrected chi connectivity index (χ4v) is 3.91. The van der Waals surface area contributed by atoms with Gasteiger partial charge in [-0.25, -0.2) is 4.79 Å². The van der Waals surface area contributed by atoms with Crippen molar-refractivity contribution in [2.45, 2.75) is 57.2 Å². The number of ether oxygens (including phenoxy) is 2. The molecule has 22 heavy (non-hydrogen) atoms. The van der Waals surface area contributed by atoms with E-state index in [9.17, 15) is 4.79 Å². The third-order valence-electron chi connectivity index (χ3n) is 5.16. The van der Waals surface area contributed by atoms with Crippen LogP contribution in [0.15, 0.2) is 24.3 Å². The van der Waals surface area contributed by atoms with Crippen molar-refractivity contribution < 1.29 is 19.2 Å². The topological polar surface area (TPSA) is 40.0 Å². The Bertz CT molecular complexity index is 500. The van der Waals surface area contributed by atoms with Crippen LogP contribution in [0.25, 0.3) is 0 Å². The number of carbonyl (C=O) groups excluding carboxylic acids is 1. The standard InChI is InChI=1S/C18H25NO3/c1-3-21-16-9-7-13(8-10-16)18(20)22-17-11-14-5-4-6-15(12-17)19(14)2/h7-10,14-15,17H,3-6,11-12H2,1-2H3/p+1/t14-,15+,17?. The van der Waals surface area contributed by atoms with Gasteiger partial charge in [-0.1, -0.05) is 0 Å². The minimum absolute atomic E-state index is 0.0815. The molecule has 0 spiro atoms.